The van der Waals surface area contributed by atoms with Crippen molar-refractivity contribution < 1.29 is 4.42 Å². The summed E-state index contributed by atoms with van der Waals surface area (Å²) < 4.78 is 6.14. The van der Waals surface area contributed by atoms with Crippen LogP contribution in [-0.2, 0) is 5.41 Å². The molecule has 1 aliphatic rings. The second-order valence-electron chi connectivity index (χ2n) is 14.7. The topological polar surface area (TPSA) is 38.9 Å². The Morgan fingerprint density at radius 2 is 1.05 bits per heavy atom. The zero-order chi connectivity index (χ0) is 36.5. The Balaban J connectivity index is 1.08. The second kappa shape index (κ2) is 12.2. The average molecular weight is 703 g/mol. The molecule has 0 radical (unpaired) electrons. The highest BCUT2D eigenvalue weighted by atomic mass is 16.3. The summed E-state index contributed by atoms with van der Waals surface area (Å²) >= 11 is 0. The number of para-hydroxylation sites is 1. The summed E-state index contributed by atoms with van der Waals surface area (Å²) in [7, 11) is 0. The van der Waals surface area contributed by atoms with Gasteiger partial charge in [-0.1, -0.05) is 146 Å². The first-order valence-corrected chi connectivity index (χ1v) is 18.8. The fourth-order valence-electron chi connectivity index (χ4n) is 8.70. The molecule has 1 aliphatic carbocycles. The molecule has 258 valence electrons. The number of rotatable bonds is 5. The molecule has 0 saturated carbocycles. The van der Waals surface area contributed by atoms with Crippen LogP contribution in [0, 0.1) is 0 Å². The van der Waals surface area contributed by atoms with Crippen LogP contribution in [0.4, 0.5) is 0 Å². The molecule has 55 heavy (non-hydrogen) atoms. The molecule has 8 aromatic carbocycles. The summed E-state index contributed by atoms with van der Waals surface area (Å²) in [6.07, 6.45) is 0. The lowest BCUT2D eigenvalue weighted by atomic mass is 9.74. The normalized spacial score (nSPS) is 14.7. The van der Waals surface area contributed by atoms with E-state index in [1.165, 1.54) is 33.2 Å². The summed E-state index contributed by atoms with van der Waals surface area (Å²) in [6.45, 7) is 2.36. The first-order valence-electron chi connectivity index (χ1n) is 18.8. The van der Waals surface area contributed by atoms with Crippen LogP contribution >= 0.6 is 0 Å². The molecule has 3 nitrogen and oxygen atoms in total. The van der Waals surface area contributed by atoms with Gasteiger partial charge in [0.25, 0.3) is 0 Å². The minimum atomic E-state index is -0.310. The highest BCUT2D eigenvalue weighted by molar-refractivity contribution is 6.06. The van der Waals surface area contributed by atoms with E-state index in [1.807, 2.05) is 12.1 Å². The van der Waals surface area contributed by atoms with Gasteiger partial charge in [0.05, 0.1) is 11.4 Å². The summed E-state index contributed by atoms with van der Waals surface area (Å²) in [5.74, 6) is 0.699. The van der Waals surface area contributed by atoms with Crippen LogP contribution in [0.25, 0.3) is 88.9 Å². The lowest BCUT2D eigenvalue weighted by Gasteiger charge is -2.28. The van der Waals surface area contributed by atoms with Gasteiger partial charge in [-0.2, -0.15) is 0 Å². The van der Waals surface area contributed by atoms with Gasteiger partial charge in [-0.3, -0.25) is 0 Å². The van der Waals surface area contributed by atoms with Gasteiger partial charge in [0.1, 0.15) is 11.2 Å². The van der Waals surface area contributed by atoms with Crippen molar-refractivity contribution in [2.45, 2.75) is 12.3 Å². The molecule has 0 fully saturated rings. The van der Waals surface area contributed by atoms with Crippen LogP contribution in [-0.4, -0.2) is 9.97 Å². The standard InChI is InChI=1S/C52H34N2O/c1-52(40-16-3-2-4-17-40)45-20-9-7-18-41(45)42-26-24-38(31-46(42)52)48-32-47(53-51(54-48)39-23-22-33-12-5-6-13-34(33)29-39)37-15-11-14-35(28-37)36-25-27-50-44(30-36)43-19-8-10-21-49(43)55-50/h2-32H,1H3. The van der Waals surface area contributed by atoms with Crippen molar-refractivity contribution in [1.29, 1.82) is 0 Å². The summed E-state index contributed by atoms with van der Waals surface area (Å²) in [5.41, 5.74) is 15.0. The smallest absolute Gasteiger partial charge is 0.160 e. The molecular formula is C52H34N2O. The van der Waals surface area contributed by atoms with Gasteiger partial charge in [-0.05, 0) is 99.1 Å². The maximum Gasteiger partial charge on any atom is 0.160 e. The number of furan rings is 1. The van der Waals surface area contributed by atoms with Crippen molar-refractivity contribution in [1.82, 2.24) is 9.97 Å². The van der Waals surface area contributed by atoms with Crippen LogP contribution < -0.4 is 0 Å². The van der Waals surface area contributed by atoms with Gasteiger partial charge in [0.15, 0.2) is 5.82 Å². The van der Waals surface area contributed by atoms with Gasteiger partial charge in [0.2, 0.25) is 0 Å². The van der Waals surface area contributed by atoms with Crippen molar-refractivity contribution in [2.75, 3.05) is 0 Å². The Kier molecular flexibility index (Phi) is 6.99. The van der Waals surface area contributed by atoms with E-state index in [0.717, 1.165) is 66.5 Å². The zero-order valence-corrected chi connectivity index (χ0v) is 30.2. The maximum atomic E-state index is 6.14. The van der Waals surface area contributed by atoms with E-state index in [1.54, 1.807) is 0 Å². The van der Waals surface area contributed by atoms with E-state index in [2.05, 4.69) is 183 Å². The Morgan fingerprint density at radius 1 is 0.400 bits per heavy atom. The van der Waals surface area contributed by atoms with Gasteiger partial charge >= 0.3 is 0 Å². The van der Waals surface area contributed by atoms with Crippen LogP contribution in [0.15, 0.2) is 192 Å². The van der Waals surface area contributed by atoms with Crippen LogP contribution in [0.1, 0.15) is 23.6 Å². The predicted octanol–water partition coefficient (Wildman–Crippen LogP) is 13.5. The quantitative estimate of drug-likeness (QED) is 0.179. The fraction of sp³-hybridized carbons (Fsp3) is 0.0385. The van der Waals surface area contributed by atoms with Crippen LogP contribution in [0.3, 0.4) is 0 Å². The van der Waals surface area contributed by atoms with Crippen LogP contribution in [0.5, 0.6) is 0 Å². The third kappa shape index (κ3) is 5.04. The molecule has 0 N–H and O–H groups in total. The zero-order valence-electron chi connectivity index (χ0n) is 30.2. The lowest BCUT2D eigenvalue weighted by molar-refractivity contribution is 0.669. The highest BCUT2D eigenvalue weighted by Gasteiger charge is 2.40. The number of benzene rings is 8. The van der Waals surface area contributed by atoms with E-state index in [-0.39, 0.29) is 5.41 Å². The molecular weight excluding hydrogens is 669 g/mol. The average Bonchev–Trinajstić information content (AvgIpc) is 3.76. The molecule has 10 aromatic rings. The number of hydrogen-bond acceptors (Lipinski definition) is 3. The summed E-state index contributed by atoms with van der Waals surface area (Å²) in [6, 6.07) is 67.0. The molecule has 2 aromatic heterocycles. The van der Waals surface area contributed by atoms with Crippen molar-refractivity contribution in [2.24, 2.45) is 0 Å². The van der Waals surface area contributed by atoms with Gasteiger partial charge in [-0.15, -0.1) is 0 Å². The molecule has 0 aliphatic heterocycles. The minimum absolute atomic E-state index is 0.310. The first-order chi connectivity index (χ1) is 27.1. The molecule has 11 rings (SSSR count). The Labute approximate surface area is 319 Å². The Morgan fingerprint density at radius 3 is 1.95 bits per heavy atom. The molecule has 1 unspecified atom stereocenters. The largest absolute Gasteiger partial charge is 0.456 e. The molecule has 2 heterocycles. The van der Waals surface area contributed by atoms with Crippen molar-refractivity contribution in [3.05, 3.63) is 205 Å². The number of hydrogen-bond donors (Lipinski definition) is 0. The van der Waals surface area contributed by atoms with E-state index in [0.29, 0.717) is 5.82 Å². The summed E-state index contributed by atoms with van der Waals surface area (Å²) in [5, 5.41) is 4.59. The number of fused-ring (bicyclic) bond motifs is 7. The maximum absolute atomic E-state index is 6.14. The van der Waals surface area contributed by atoms with E-state index in [9.17, 15) is 0 Å². The third-order valence-electron chi connectivity index (χ3n) is 11.6. The van der Waals surface area contributed by atoms with Gasteiger partial charge < -0.3 is 4.42 Å². The van der Waals surface area contributed by atoms with Crippen molar-refractivity contribution in [3.63, 3.8) is 0 Å². The molecule has 0 amide bonds. The molecule has 1 atom stereocenters. The lowest BCUT2D eigenvalue weighted by Crippen LogP contribution is -2.22. The Hall–Kier alpha value is -7.10. The minimum Gasteiger partial charge on any atom is -0.456 e. The van der Waals surface area contributed by atoms with E-state index in [4.69, 9.17) is 14.4 Å². The molecule has 0 bridgehead atoms. The SMILES string of the molecule is CC1(c2ccccc2)c2ccccc2-c2ccc(-c3cc(-c4cccc(-c5ccc6oc7ccccc7c6c5)c4)nc(-c4ccc5ccccc5c4)n3)cc21. The fourth-order valence-corrected chi connectivity index (χ4v) is 8.70. The summed E-state index contributed by atoms with van der Waals surface area (Å²) in [4.78, 5) is 10.6. The first kappa shape index (κ1) is 31.4. The van der Waals surface area contributed by atoms with Crippen LogP contribution in [0.2, 0.25) is 0 Å². The van der Waals surface area contributed by atoms with Crippen molar-refractivity contribution in [3.8, 4) is 56.2 Å². The highest BCUT2D eigenvalue weighted by Crippen LogP contribution is 2.53. The Bertz CT molecular complexity index is 3120. The number of aromatic nitrogens is 2. The molecule has 3 heteroatoms. The van der Waals surface area contributed by atoms with Gasteiger partial charge in [0, 0.05) is 32.9 Å². The second-order valence-corrected chi connectivity index (χ2v) is 14.7. The van der Waals surface area contributed by atoms with Crippen molar-refractivity contribution >= 4 is 32.7 Å². The van der Waals surface area contributed by atoms with E-state index >= 15 is 0 Å². The monoisotopic (exact) mass is 702 g/mol. The number of nitrogens with zero attached hydrogens (tertiary/aromatic N) is 2. The predicted molar refractivity (Wildman–Crippen MR) is 226 cm³/mol. The third-order valence-corrected chi connectivity index (χ3v) is 11.6. The van der Waals surface area contributed by atoms with E-state index < -0.39 is 0 Å². The molecule has 0 spiro atoms. The van der Waals surface area contributed by atoms with Gasteiger partial charge in [-0.25, -0.2) is 9.97 Å². The molecule has 0 saturated heterocycles.